The van der Waals surface area contributed by atoms with Gasteiger partial charge in [-0.2, -0.15) is 0 Å². The van der Waals surface area contributed by atoms with Gasteiger partial charge in [0.15, 0.2) is 0 Å². The Morgan fingerprint density at radius 2 is 2.40 bits per heavy atom. The van der Waals surface area contributed by atoms with Gasteiger partial charge in [0.05, 0.1) is 11.1 Å². The van der Waals surface area contributed by atoms with Gasteiger partial charge in [0.2, 0.25) is 0 Å². The van der Waals surface area contributed by atoms with Gasteiger partial charge in [0, 0.05) is 39.5 Å². The van der Waals surface area contributed by atoms with Crippen LogP contribution in [0.2, 0.25) is 5.02 Å². The van der Waals surface area contributed by atoms with Gasteiger partial charge >= 0.3 is 0 Å². The highest BCUT2D eigenvalue weighted by molar-refractivity contribution is 6.33. The SMILES string of the molecule is CO[C@H]1C[C@@H](CN(C)C(=O)c2ncncc2Cl)N(C)C1. The van der Waals surface area contributed by atoms with Crippen LogP contribution in [0.5, 0.6) is 0 Å². The molecule has 1 aromatic rings. The van der Waals surface area contributed by atoms with Crippen LogP contribution in [0.1, 0.15) is 16.9 Å². The predicted molar refractivity (Wildman–Crippen MR) is 75.8 cm³/mol. The first-order chi connectivity index (χ1) is 9.52. The lowest BCUT2D eigenvalue weighted by molar-refractivity contribution is 0.0754. The van der Waals surface area contributed by atoms with E-state index < -0.39 is 0 Å². The number of halogens is 1. The number of hydrogen-bond acceptors (Lipinski definition) is 5. The molecule has 0 unspecified atom stereocenters. The van der Waals surface area contributed by atoms with E-state index in [1.807, 2.05) is 7.05 Å². The summed E-state index contributed by atoms with van der Waals surface area (Å²) >= 11 is 5.95. The van der Waals surface area contributed by atoms with Crippen molar-refractivity contribution < 1.29 is 9.53 Å². The number of hydrogen-bond donors (Lipinski definition) is 0. The number of carbonyl (C=O) groups excluding carboxylic acids is 1. The van der Waals surface area contributed by atoms with Gasteiger partial charge in [-0.25, -0.2) is 9.97 Å². The summed E-state index contributed by atoms with van der Waals surface area (Å²) in [6.45, 7) is 1.51. The molecule has 0 aliphatic carbocycles. The molecule has 0 N–H and O–H groups in total. The highest BCUT2D eigenvalue weighted by atomic mass is 35.5. The molecule has 110 valence electrons. The third-order valence-electron chi connectivity index (χ3n) is 3.68. The molecule has 1 aromatic heterocycles. The van der Waals surface area contributed by atoms with Crippen molar-refractivity contribution in [3.8, 4) is 0 Å². The van der Waals surface area contributed by atoms with Crippen LogP contribution in [0, 0.1) is 0 Å². The molecule has 6 nitrogen and oxygen atoms in total. The quantitative estimate of drug-likeness (QED) is 0.827. The molecule has 7 heteroatoms. The summed E-state index contributed by atoms with van der Waals surface area (Å²) in [6.07, 6.45) is 3.91. The maximum Gasteiger partial charge on any atom is 0.273 e. The van der Waals surface area contributed by atoms with E-state index in [2.05, 4.69) is 14.9 Å². The average Bonchev–Trinajstić information content (AvgIpc) is 2.79. The van der Waals surface area contributed by atoms with Gasteiger partial charge in [-0.15, -0.1) is 0 Å². The van der Waals surface area contributed by atoms with E-state index in [9.17, 15) is 4.79 Å². The fraction of sp³-hybridized carbons (Fsp3) is 0.615. The summed E-state index contributed by atoms with van der Waals surface area (Å²) < 4.78 is 5.37. The molecule has 0 saturated carbocycles. The van der Waals surface area contributed by atoms with Crippen LogP contribution < -0.4 is 0 Å². The molecule has 0 bridgehead atoms. The molecule has 1 saturated heterocycles. The van der Waals surface area contributed by atoms with Gasteiger partial charge < -0.3 is 9.64 Å². The Labute approximate surface area is 123 Å². The largest absolute Gasteiger partial charge is 0.380 e. The van der Waals surface area contributed by atoms with E-state index in [1.165, 1.54) is 12.5 Å². The normalized spacial score (nSPS) is 23.0. The van der Waals surface area contributed by atoms with Crippen molar-refractivity contribution in [2.24, 2.45) is 0 Å². The highest BCUT2D eigenvalue weighted by Gasteiger charge is 2.31. The van der Waals surface area contributed by atoms with Crippen LogP contribution in [0.15, 0.2) is 12.5 Å². The van der Waals surface area contributed by atoms with E-state index in [0.29, 0.717) is 6.54 Å². The van der Waals surface area contributed by atoms with Crippen LogP contribution in [0.3, 0.4) is 0 Å². The lowest BCUT2D eigenvalue weighted by Gasteiger charge is -2.25. The average molecular weight is 299 g/mol. The standard InChI is InChI=1S/C13H19ClN4O2/c1-17-7-10(20-3)4-9(17)6-18(2)13(19)12-11(14)5-15-8-16-12/h5,8-10H,4,6-7H2,1-3H3/t9-,10-/m0/s1. The summed E-state index contributed by atoms with van der Waals surface area (Å²) in [6, 6.07) is 0.287. The number of likely N-dealkylation sites (tertiary alicyclic amines) is 1. The van der Waals surface area contributed by atoms with Gasteiger partial charge in [-0.3, -0.25) is 9.69 Å². The number of rotatable bonds is 4. The molecule has 1 fully saturated rings. The highest BCUT2D eigenvalue weighted by Crippen LogP contribution is 2.20. The third-order valence-corrected chi connectivity index (χ3v) is 3.96. The number of carbonyl (C=O) groups is 1. The van der Waals surface area contributed by atoms with E-state index in [0.717, 1.165) is 13.0 Å². The van der Waals surface area contributed by atoms with E-state index in [1.54, 1.807) is 19.1 Å². The van der Waals surface area contributed by atoms with Crippen molar-refractivity contribution in [1.82, 2.24) is 19.8 Å². The number of aromatic nitrogens is 2. The molecule has 2 rings (SSSR count). The van der Waals surface area contributed by atoms with E-state index >= 15 is 0 Å². The monoisotopic (exact) mass is 298 g/mol. The van der Waals surface area contributed by atoms with Gasteiger partial charge in [-0.1, -0.05) is 11.6 Å². The first kappa shape index (κ1) is 15.2. The van der Waals surface area contributed by atoms with Crippen LogP contribution in [0.4, 0.5) is 0 Å². The molecule has 0 spiro atoms. The van der Waals surface area contributed by atoms with Crippen molar-refractivity contribution in [3.05, 3.63) is 23.2 Å². The van der Waals surface area contributed by atoms with Crippen LogP contribution in [-0.4, -0.2) is 72.1 Å². The Balaban J connectivity index is 2.00. The van der Waals surface area contributed by atoms with E-state index in [4.69, 9.17) is 16.3 Å². The molecule has 0 aromatic carbocycles. The molecule has 1 aliphatic rings. The van der Waals surface area contributed by atoms with Crippen molar-refractivity contribution in [1.29, 1.82) is 0 Å². The molecule has 1 aliphatic heterocycles. The smallest absolute Gasteiger partial charge is 0.273 e. The zero-order valence-electron chi connectivity index (χ0n) is 11.9. The van der Waals surface area contributed by atoms with Crippen molar-refractivity contribution in [2.75, 3.05) is 34.3 Å². The summed E-state index contributed by atoms with van der Waals surface area (Å²) in [4.78, 5) is 23.9. The minimum Gasteiger partial charge on any atom is -0.380 e. The van der Waals surface area contributed by atoms with Crippen LogP contribution in [-0.2, 0) is 4.74 Å². The van der Waals surface area contributed by atoms with E-state index in [-0.39, 0.29) is 28.8 Å². The molecule has 1 amide bonds. The maximum atomic E-state index is 12.3. The zero-order chi connectivity index (χ0) is 14.7. The van der Waals surface area contributed by atoms with Gasteiger partial charge in [-0.05, 0) is 13.5 Å². The number of ether oxygens (including phenoxy) is 1. The van der Waals surface area contributed by atoms with Crippen LogP contribution in [0.25, 0.3) is 0 Å². The lowest BCUT2D eigenvalue weighted by Crippen LogP contribution is -2.39. The topological polar surface area (TPSA) is 58.6 Å². The molecular weight excluding hydrogens is 280 g/mol. The Hall–Kier alpha value is -1.24. The van der Waals surface area contributed by atoms with Gasteiger partial charge in [0.1, 0.15) is 12.0 Å². The zero-order valence-corrected chi connectivity index (χ0v) is 12.7. The molecule has 2 atom stereocenters. The second-order valence-electron chi connectivity index (χ2n) is 5.09. The second-order valence-corrected chi connectivity index (χ2v) is 5.50. The maximum absolute atomic E-state index is 12.3. The van der Waals surface area contributed by atoms with Crippen molar-refractivity contribution in [3.63, 3.8) is 0 Å². The van der Waals surface area contributed by atoms with Crippen molar-refractivity contribution >= 4 is 17.5 Å². The summed E-state index contributed by atoms with van der Waals surface area (Å²) in [5, 5.41) is 0.277. The Bertz CT molecular complexity index is 485. The molecule has 0 radical (unpaired) electrons. The first-order valence-electron chi connectivity index (χ1n) is 6.47. The molecule has 20 heavy (non-hydrogen) atoms. The summed E-state index contributed by atoms with van der Waals surface area (Å²) in [5.74, 6) is -0.188. The number of likely N-dealkylation sites (N-methyl/N-ethyl adjacent to an activating group) is 2. The minimum atomic E-state index is -0.188. The lowest BCUT2D eigenvalue weighted by atomic mass is 10.2. The van der Waals surface area contributed by atoms with Gasteiger partial charge in [0.25, 0.3) is 5.91 Å². The second kappa shape index (κ2) is 6.47. The minimum absolute atomic E-state index is 0.188. The summed E-state index contributed by atoms with van der Waals surface area (Å²) in [7, 11) is 5.52. The number of amides is 1. The Morgan fingerprint density at radius 1 is 1.65 bits per heavy atom. The first-order valence-corrected chi connectivity index (χ1v) is 6.84. The third kappa shape index (κ3) is 3.26. The summed E-state index contributed by atoms with van der Waals surface area (Å²) in [5.41, 5.74) is 0.244. The Kier molecular flexibility index (Phi) is 4.91. The fourth-order valence-electron chi connectivity index (χ4n) is 2.46. The van der Waals surface area contributed by atoms with Crippen LogP contribution >= 0.6 is 11.6 Å². The van der Waals surface area contributed by atoms with Crippen molar-refractivity contribution in [2.45, 2.75) is 18.6 Å². The Morgan fingerprint density at radius 3 is 3.00 bits per heavy atom. The fourth-order valence-corrected chi connectivity index (χ4v) is 2.65. The number of nitrogens with zero attached hydrogens (tertiary/aromatic N) is 4. The number of methoxy groups -OCH3 is 1. The molecule has 2 heterocycles. The molecular formula is C13H19ClN4O2. The predicted octanol–water partition coefficient (Wildman–Crippen LogP) is 0.921.